The lowest BCUT2D eigenvalue weighted by atomic mass is 9.74. The van der Waals surface area contributed by atoms with Crippen molar-refractivity contribution in [2.45, 2.75) is 38.6 Å². The smallest absolute Gasteiger partial charge is 0.307 e. The molecule has 1 N–H and O–H groups in total. The maximum absolute atomic E-state index is 14.3. The number of para-hydroxylation sites is 1. The summed E-state index contributed by atoms with van der Waals surface area (Å²) in [4.78, 5) is 17.3. The molecule has 2 amide bonds. The summed E-state index contributed by atoms with van der Waals surface area (Å²) < 4.78 is 41.5. The summed E-state index contributed by atoms with van der Waals surface area (Å²) in [6.45, 7) is 6.18. The number of aryl methyl sites for hydroxylation is 2. The molecule has 35 heavy (non-hydrogen) atoms. The molecule has 0 aromatic heterocycles. The lowest BCUT2D eigenvalue weighted by Gasteiger charge is -2.40. The fourth-order valence-electron chi connectivity index (χ4n) is 5.54. The molecule has 0 atom stereocenters. The second kappa shape index (κ2) is 9.04. The van der Waals surface area contributed by atoms with Crippen LogP contribution in [0.5, 0.6) is 0 Å². The van der Waals surface area contributed by atoms with Crippen molar-refractivity contribution in [3.8, 4) is 0 Å². The van der Waals surface area contributed by atoms with Crippen LogP contribution in [0.2, 0.25) is 0 Å². The molecule has 3 aromatic rings. The van der Waals surface area contributed by atoms with Crippen LogP contribution < -0.4 is 10.2 Å². The maximum atomic E-state index is 14.3. The molecule has 0 unspecified atom stereocenters. The Balaban J connectivity index is 1.36. The molecular weight excluding hydrogens is 451 g/mol. The molecule has 0 radical (unpaired) electrons. The van der Waals surface area contributed by atoms with Crippen molar-refractivity contribution in [1.82, 2.24) is 4.90 Å². The van der Waals surface area contributed by atoms with Gasteiger partial charge in [-0.3, -0.25) is 9.80 Å². The number of fused-ring (bicyclic) bond motifs is 2. The Morgan fingerprint density at radius 3 is 2.23 bits per heavy atom. The number of piperidine rings is 1. The third-order valence-corrected chi connectivity index (χ3v) is 7.38. The van der Waals surface area contributed by atoms with Gasteiger partial charge in [-0.15, -0.1) is 0 Å². The van der Waals surface area contributed by atoms with Gasteiger partial charge < -0.3 is 5.32 Å². The summed E-state index contributed by atoms with van der Waals surface area (Å²) in [7, 11) is 0. The predicted molar refractivity (Wildman–Crippen MR) is 131 cm³/mol. The number of hydrogen-bond acceptors (Lipinski definition) is 2. The first kappa shape index (κ1) is 23.4. The summed E-state index contributed by atoms with van der Waals surface area (Å²) in [5.74, 6) is -1.49. The van der Waals surface area contributed by atoms with Gasteiger partial charge in [0.1, 0.15) is 17.5 Å². The van der Waals surface area contributed by atoms with Crippen LogP contribution in [-0.2, 0) is 12.0 Å². The van der Waals surface area contributed by atoms with Gasteiger partial charge in [-0.25, -0.2) is 18.0 Å². The Bertz CT molecular complexity index is 1240. The summed E-state index contributed by atoms with van der Waals surface area (Å²) in [5.41, 5.74) is 4.56. The fourth-order valence-corrected chi connectivity index (χ4v) is 5.54. The molecule has 182 valence electrons. The highest BCUT2D eigenvalue weighted by Crippen LogP contribution is 2.47. The van der Waals surface area contributed by atoms with Crippen LogP contribution in [0, 0.1) is 31.3 Å². The monoisotopic (exact) mass is 479 g/mol. The molecule has 5 rings (SSSR count). The van der Waals surface area contributed by atoms with Crippen LogP contribution in [0.1, 0.15) is 35.1 Å². The van der Waals surface area contributed by atoms with Gasteiger partial charge in [0.05, 0.1) is 0 Å². The van der Waals surface area contributed by atoms with Crippen molar-refractivity contribution < 1.29 is 18.0 Å². The zero-order valence-corrected chi connectivity index (χ0v) is 19.9. The van der Waals surface area contributed by atoms with Gasteiger partial charge in [-0.1, -0.05) is 18.2 Å². The SMILES string of the molecule is Cc1cccc(C)c1NC(=O)N1CC2(CCN(Cc3cc(F)cc(F)c3)CC2)c2cc(F)ccc21. The van der Waals surface area contributed by atoms with E-state index in [2.05, 4.69) is 10.2 Å². The van der Waals surface area contributed by atoms with Gasteiger partial charge in [0.25, 0.3) is 0 Å². The molecule has 1 spiro atoms. The minimum absolute atomic E-state index is 0.232. The quantitative estimate of drug-likeness (QED) is 0.478. The second-order valence-electron chi connectivity index (χ2n) is 9.78. The molecule has 3 aromatic carbocycles. The standard InChI is InChI=1S/C28H28F3N3O/c1-18-4-3-5-19(2)26(18)32-27(35)34-17-28(24-15-21(29)6-7-25(24)34)8-10-33(11-9-28)16-20-12-22(30)14-23(31)13-20/h3-7,12-15H,8-11,16-17H2,1-2H3,(H,32,35). The molecule has 4 nitrogen and oxygen atoms in total. The maximum Gasteiger partial charge on any atom is 0.326 e. The zero-order valence-electron chi connectivity index (χ0n) is 19.9. The first-order chi connectivity index (χ1) is 16.7. The topological polar surface area (TPSA) is 35.6 Å². The van der Waals surface area contributed by atoms with E-state index in [1.807, 2.05) is 32.0 Å². The number of anilines is 2. The minimum Gasteiger partial charge on any atom is -0.307 e. The number of rotatable bonds is 3. The number of nitrogens with one attached hydrogen (secondary N) is 1. The number of urea groups is 1. The first-order valence-electron chi connectivity index (χ1n) is 11.9. The Kier molecular flexibility index (Phi) is 6.05. The van der Waals surface area contributed by atoms with Gasteiger partial charge >= 0.3 is 6.03 Å². The van der Waals surface area contributed by atoms with E-state index in [-0.39, 0.29) is 17.3 Å². The Labute approximate surface area is 203 Å². The highest BCUT2D eigenvalue weighted by Gasteiger charge is 2.46. The number of hydrogen-bond donors (Lipinski definition) is 1. The van der Waals surface area contributed by atoms with Crippen LogP contribution >= 0.6 is 0 Å². The highest BCUT2D eigenvalue weighted by molar-refractivity contribution is 6.04. The fraction of sp³-hybridized carbons (Fsp3) is 0.321. The van der Waals surface area contributed by atoms with Gasteiger partial charge in [-0.05, 0) is 92.4 Å². The van der Waals surface area contributed by atoms with Gasteiger partial charge in [0, 0.05) is 35.9 Å². The van der Waals surface area contributed by atoms with Crippen molar-refractivity contribution in [2.75, 3.05) is 29.9 Å². The van der Waals surface area contributed by atoms with Crippen molar-refractivity contribution in [3.63, 3.8) is 0 Å². The van der Waals surface area contributed by atoms with E-state index >= 15 is 0 Å². The van der Waals surface area contributed by atoms with Crippen molar-refractivity contribution >= 4 is 17.4 Å². The average Bonchev–Trinajstić information content (AvgIpc) is 3.11. The van der Waals surface area contributed by atoms with Crippen LogP contribution in [0.4, 0.5) is 29.3 Å². The lowest BCUT2D eigenvalue weighted by Crippen LogP contribution is -2.46. The van der Waals surface area contributed by atoms with Gasteiger partial charge in [0.2, 0.25) is 0 Å². The summed E-state index contributed by atoms with van der Waals surface area (Å²) in [6.07, 6.45) is 1.43. The Morgan fingerprint density at radius 1 is 0.914 bits per heavy atom. The van der Waals surface area contributed by atoms with Crippen LogP contribution in [0.3, 0.4) is 0 Å². The molecule has 7 heteroatoms. The summed E-state index contributed by atoms with van der Waals surface area (Å²) >= 11 is 0. The average molecular weight is 480 g/mol. The minimum atomic E-state index is -0.584. The molecule has 2 aliphatic heterocycles. The van der Waals surface area contributed by atoms with Crippen molar-refractivity contribution in [2.24, 2.45) is 0 Å². The number of amides is 2. The van der Waals surface area contributed by atoms with E-state index in [1.54, 1.807) is 17.0 Å². The number of carbonyl (C=O) groups is 1. The molecule has 0 bridgehead atoms. The third-order valence-electron chi connectivity index (χ3n) is 7.38. The zero-order chi connectivity index (χ0) is 24.7. The van der Waals surface area contributed by atoms with Crippen molar-refractivity contribution in [3.05, 3.63) is 94.3 Å². The molecule has 2 aliphatic rings. The van der Waals surface area contributed by atoms with E-state index in [4.69, 9.17) is 0 Å². The van der Waals surface area contributed by atoms with E-state index < -0.39 is 11.6 Å². The normalized spacial score (nSPS) is 17.0. The van der Waals surface area contributed by atoms with Gasteiger partial charge in [0.15, 0.2) is 0 Å². The molecule has 0 saturated carbocycles. The second-order valence-corrected chi connectivity index (χ2v) is 9.78. The van der Waals surface area contributed by atoms with Crippen LogP contribution in [-0.4, -0.2) is 30.6 Å². The third kappa shape index (κ3) is 4.52. The molecular formula is C28H28F3N3O. The first-order valence-corrected chi connectivity index (χ1v) is 11.9. The number of benzene rings is 3. The van der Waals surface area contributed by atoms with Crippen molar-refractivity contribution in [1.29, 1.82) is 0 Å². The lowest BCUT2D eigenvalue weighted by molar-refractivity contribution is 0.159. The van der Waals surface area contributed by atoms with Crippen LogP contribution in [0.25, 0.3) is 0 Å². The Hall–Kier alpha value is -3.32. The molecule has 1 saturated heterocycles. The number of likely N-dealkylation sites (tertiary alicyclic amines) is 1. The summed E-state index contributed by atoms with van der Waals surface area (Å²) in [5, 5.41) is 3.06. The largest absolute Gasteiger partial charge is 0.326 e. The van der Waals surface area contributed by atoms with Crippen LogP contribution in [0.15, 0.2) is 54.6 Å². The molecule has 0 aliphatic carbocycles. The van der Waals surface area contributed by atoms with E-state index in [0.717, 1.165) is 34.1 Å². The Morgan fingerprint density at radius 2 is 1.57 bits per heavy atom. The molecule has 2 heterocycles. The number of halogens is 3. The van der Waals surface area contributed by atoms with E-state index in [1.165, 1.54) is 18.2 Å². The van der Waals surface area contributed by atoms with Gasteiger partial charge in [-0.2, -0.15) is 0 Å². The highest BCUT2D eigenvalue weighted by atomic mass is 19.1. The van der Waals surface area contributed by atoms with E-state index in [9.17, 15) is 18.0 Å². The number of nitrogens with zero attached hydrogens (tertiary/aromatic N) is 2. The van der Waals surface area contributed by atoms with E-state index in [0.29, 0.717) is 44.6 Å². The summed E-state index contributed by atoms with van der Waals surface area (Å²) in [6, 6.07) is 13.8. The number of carbonyl (C=O) groups excluding carboxylic acids is 1. The predicted octanol–water partition coefficient (Wildman–Crippen LogP) is 6.31. The molecule has 1 fully saturated rings.